The van der Waals surface area contributed by atoms with E-state index in [-0.39, 0.29) is 17.5 Å². The molecule has 0 fully saturated rings. The fourth-order valence-corrected chi connectivity index (χ4v) is 3.55. The number of amides is 2. The van der Waals surface area contributed by atoms with Crippen molar-refractivity contribution in [2.45, 2.75) is 6.54 Å². The first-order valence-corrected chi connectivity index (χ1v) is 10.2. The maximum absolute atomic E-state index is 12.9. The molecule has 30 heavy (non-hydrogen) atoms. The minimum Gasteiger partial charge on any atom is -0.325 e. The normalized spacial score (nSPS) is 10.8. The second-order valence-corrected chi connectivity index (χ2v) is 8.19. The molecule has 1 heterocycles. The molecule has 3 rings (SSSR count). The van der Waals surface area contributed by atoms with E-state index in [1.54, 1.807) is 30.1 Å². The Morgan fingerprint density at radius 2 is 1.73 bits per heavy atom. The lowest BCUT2D eigenvalue weighted by Crippen LogP contribution is -2.29. The van der Waals surface area contributed by atoms with Crippen LogP contribution in [0.3, 0.4) is 0 Å². The highest BCUT2D eigenvalue weighted by molar-refractivity contribution is 7.13. The van der Waals surface area contributed by atoms with Crippen molar-refractivity contribution in [2.75, 3.05) is 24.2 Å². The molecule has 0 radical (unpaired) electrons. The number of likely N-dealkylation sites (N-methyl/N-ethyl adjacent to an activating group) is 1. The fourth-order valence-electron chi connectivity index (χ4n) is 2.43. The quantitative estimate of drug-likeness (QED) is 0.540. The first-order chi connectivity index (χ1) is 14.3. The predicted octanol–water partition coefficient (Wildman–Crippen LogP) is 4.31. The Kier molecular flexibility index (Phi) is 7.33. The summed E-state index contributed by atoms with van der Waals surface area (Å²) in [5, 5.41) is 14.7. The number of carbonyl (C=O) groups excluding carboxylic acids is 2. The van der Waals surface area contributed by atoms with Crippen LogP contribution in [0.5, 0.6) is 0 Å². The van der Waals surface area contributed by atoms with E-state index < -0.39 is 11.7 Å². The van der Waals surface area contributed by atoms with Crippen LogP contribution in [0, 0.1) is 5.82 Å². The van der Waals surface area contributed by atoms with Gasteiger partial charge in [-0.25, -0.2) is 4.39 Å². The largest absolute Gasteiger partial charge is 0.325 e. The zero-order valence-corrected chi connectivity index (χ0v) is 18.0. The van der Waals surface area contributed by atoms with E-state index in [0.29, 0.717) is 33.0 Å². The second kappa shape index (κ2) is 9.94. The van der Waals surface area contributed by atoms with Crippen LogP contribution in [0.15, 0.2) is 42.5 Å². The van der Waals surface area contributed by atoms with E-state index in [1.165, 1.54) is 24.3 Å². The van der Waals surface area contributed by atoms with Gasteiger partial charge in [-0.15, -0.1) is 10.2 Å². The molecule has 1 aromatic heterocycles. The van der Waals surface area contributed by atoms with E-state index >= 15 is 0 Å². The Bertz CT molecular complexity index is 1060. The average Bonchev–Trinajstić information content (AvgIpc) is 3.15. The molecule has 2 aromatic carbocycles. The van der Waals surface area contributed by atoms with E-state index in [9.17, 15) is 14.0 Å². The Morgan fingerprint density at radius 3 is 2.43 bits per heavy atom. The zero-order valence-electron chi connectivity index (χ0n) is 15.7. The van der Waals surface area contributed by atoms with Gasteiger partial charge in [0.25, 0.3) is 5.91 Å². The van der Waals surface area contributed by atoms with Gasteiger partial charge in [0.2, 0.25) is 10.9 Å². The zero-order chi connectivity index (χ0) is 21.7. The van der Waals surface area contributed by atoms with Crippen LogP contribution in [0.25, 0.3) is 0 Å². The van der Waals surface area contributed by atoms with Crippen molar-refractivity contribution in [3.8, 4) is 0 Å². The molecular weight excluding hydrogens is 452 g/mol. The van der Waals surface area contributed by atoms with E-state index in [1.807, 2.05) is 0 Å². The molecule has 156 valence electrons. The molecule has 0 saturated heterocycles. The molecule has 0 bridgehead atoms. The summed E-state index contributed by atoms with van der Waals surface area (Å²) in [5.41, 5.74) is 0.993. The lowest BCUT2D eigenvalue weighted by atomic mass is 10.3. The van der Waals surface area contributed by atoms with Gasteiger partial charge in [-0.1, -0.05) is 34.5 Å². The number of benzene rings is 2. The van der Waals surface area contributed by atoms with Crippen LogP contribution in [-0.4, -0.2) is 40.5 Å². The minimum atomic E-state index is -0.439. The van der Waals surface area contributed by atoms with Crippen LogP contribution < -0.4 is 10.6 Å². The number of hydrogen-bond acceptors (Lipinski definition) is 6. The van der Waals surface area contributed by atoms with Gasteiger partial charge in [0, 0.05) is 11.4 Å². The number of aromatic nitrogens is 2. The Morgan fingerprint density at radius 1 is 1.03 bits per heavy atom. The van der Waals surface area contributed by atoms with Gasteiger partial charge in [0.05, 0.1) is 23.1 Å². The van der Waals surface area contributed by atoms with Gasteiger partial charge in [-0.2, -0.15) is 0 Å². The third kappa shape index (κ3) is 6.20. The Labute approximate surface area is 185 Å². The molecule has 11 heteroatoms. The fraction of sp³-hybridized carbons (Fsp3) is 0.158. The maximum Gasteiger partial charge on any atom is 0.286 e. The Balaban J connectivity index is 1.51. The molecule has 0 atom stereocenters. The molecule has 0 aliphatic heterocycles. The number of nitrogens with zero attached hydrogens (tertiary/aromatic N) is 3. The number of rotatable bonds is 7. The van der Waals surface area contributed by atoms with Crippen LogP contribution in [0.4, 0.5) is 15.8 Å². The lowest BCUT2D eigenvalue weighted by molar-refractivity contribution is -0.117. The van der Waals surface area contributed by atoms with E-state index in [2.05, 4.69) is 20.8 Å². The van der Waals surface area contributed by atoms with Crippen LogP contribution in [0.2, 0.25) is 10.0 Å². The molecule has 3 aromatic rings. The molecule has 2 amide bonds. The summed E-state index contributed by atoms with van der Waals surface area (Å²) in [6.07, 6.45) is 0. The molecule has 7 nitrogen and oxygen atoms in total. The molecule has 0 unspecified atom stereocenters. The first kappa shape index (κ1) is 22.1. The van der Waals surface area contributed by atoms with Crippen LogP contribution >= 0.6 is 34.5 Å². The van der Waals surface area contributed by atoms with Crippen LogP contribution in [-0.2, 0) is 11.3 Å². The molecule has 0 aliphatic carbocycles. The van der Waals surface area contributed by atoms with Crippen molar-refractivity contribution in [1.82, 2.24) is 15.1 Å². The summed E-state index contributed by atoms with van der Waals surface area (Å²) >= 11 is 12.9. The van der Waals surface area contributed by atoms with Crippen molar-refractivity contribution in [1.29, 1.82) is 0 Å². The van der Waals surface area contributed by atoms with E-state index in [0.717, 1.165) is 11.3 Å². The summed E-state index contributed by atoms with van der Waals surface area (Å²) < 4.78 is 12.9. The summed E-state index contributed by atoms with van der Waals surface area (Å²) in [6, 6.07) is 10.2. The molecular formula is C19H16Cl2FN5O2S. The van der Waals surface area contributed by atoms with Crippen molar-refractivity contribution in [3.63, 3.8) is 0 Å². The number of carbonyl (C=O) groups is 2. The van der Waals surface area contributed by atoms with E-state index in [4.69, 9.17) is 23.2 Å². The monoisotopic (exact) mass is 467 g/mol. The number of halogens is 3. The summed E-state index contributed by atoms with van der Waals surface area (Å²) in [6.45, 7) is 0.424. The first-order valence-electron chi connectivity index (χ1n) is 8.63. The summed E-state index contributed by atoms with van der Waals surface area (Å²) in [4.78, 5) is 26.2. The molecule has 0 saturated carbocycles. The van der Waals surface area contributed by atoms with Gasteiger partial charge >= 0.3 is 0 Å². The lowest BCUT2D eigenvalue weighted by Gasteiger charge is -2.14. The summed E-state index contributed by atoms with van der Waals surface area (Å²) in [5.74, 6) is -1.07. The minimum absolute atomic E-state index is 0.0942. The standard InChI is InChI=1S/C19H16Cl2FN5O2S/c1-27(9-16(28)23-13-6-7-14(20)15(21)8-13)10-17-25-26-19(30-17)18(29)24-12-4-2-11(22)3-5-12/h2-8H,9-10H2,1H3,(H,23,28)(H,24,29). The average molecular weight is 468 g/mol. The highest BCUT2D eigenvalue weighted by Crippen LogP contribution is 2.25. The SMILES string of the molecule is CN(CC(=O)Nc1ccc(Cl)c(Cl)c1)Cc1nnc(C(=O)Nc2ccc(F)cc2)s1. The number of nitrogens with one attached hydrogen (secondary N) is 2. The second-order valence-electron chi connectivity index (χ2n) is 6.31. The smallest absolute Gasteiger partial charge is 0.286 e. The highest BCUT2D eigenvalue weighted by atomic mass is 35.5. The van der Waals surface area contributed by atoms with Crippen molar-refractivity contribution >= 4 is 57.7 Å². The third-order valence-corrected chi connectivity index (χ3v) is 5.43. The van der Waals surface area contributed by atoms with Gasteiger partial charge in [0.15, 0.2) is 0 Å². The topological polar surface area (TPSA) is 87.2 Å². The Hall–Kier alpha value is -2.59. The van der Waals surface area contributed by atoms with Crippen molar-refractivity contribution in [2.24, 2.45) is 0 Å². The summed E-state index contributed by atoms with van der Waals surface area (Å²) in [7, 11) is 1.74. The molecule has 0 aliphatic rings. The molecule has 0 spiro atoms. The van der Waals surface area contributed by atoms with Crippen LogP contribution in [0.1, 0.15) is 14.8 Å². The van der Waals surface area contributed by atoms with Crippen molar-refractivity contribution < 1.29 is 14.0 Å². The molecule has 2 N–H and O–H groups in total. The third-order valence-electron chi connectivity index (χ3n) is 3.79. The highest BCUT2D eigenvalue weighted by Gasteiger charge is 2.15. The van der Waals surface area contributed by atoms with Gasteiger partial charge < -0.3 is 10.6 Å². The predicted molar refractivity (Wildman–Crippen MR) is 116 cm³/mol. The van der Waals surface area contributed by atoms with Gasteiger partial charge in [-0.3, -0.25) is 14.5 Å². The number of anilines is 2. The maximum atomic E-state index is 12.9. The van der Waals surface area contributed by atoms with Gasteiger partial charge in [0.1, 0.15) is 10.8 Å². The van der Waals surface area contributed by atoms with Crippen molar-refractivity contribution in [3.05, 3.63) is 68.3 Å². The number of hydrogen-bond donors (Lipinski definition) is 2. The van der Waals surface area contributed by atoms with Gasteiger partial charge in [-0.05, 0) is 49.5 Å².